The summed E-state index contributed by atoms with van der Waals surface area (Å²) < 4.78 is 1.45. The molecule has 0 atom stereocenters. The van der Waals surface area contributed by atoms with Gasteiger partial charge in [-0.2, -0.15) is 0 Å². The van der Waals surface area contributed by atoms with Crippen LogP contribution in [0.25, 0.3) is 10.8 Å². The SMILES string of the molecule is Cn1cc(C(C)(C)C)c2cccc(C(=O)O)c2c1=O. The van der Waals surface area contributed by atoms with Crippen molar-refractivity contribution in [2.24, 2.45) is 7.05 Å². The number of carboxylic acid groups (broad SMARTS) is 1. The van der Waals surface area contributed by atoms with E-state index < -0.39 is 5.97 Å². The lowest BCUT2D eigenvalue weighted by Gasteiger charge is -2.22. The van der Waals surface area contributed by atoms with Crippen LogP contribution in [0.3, 0.4) is 0 Å². The third-order valence-corrected chi connectivity index (χ3v) is 3.25. The normalized spacial score (nSPS) is 11.8. The molecule has 0 radical (unpaired) electrons. The first-order valence-corrected chi connectivity index (χ1v) is 6.09. The van der Waals surface area contributed by atoms with Gasteiger partial charge in [0.05, 0.1) is 10.9 Å². The number of hydrogen-bond acceptors (Lipinski definition) is 2. The molecule has 0 spiro atoms. The van der Waals surface area contributed by atoms with Crippen molar-refractivity contribution in [2.75, 3.05) is 0 Å². The molecule has 0 saturated heterocycles. The van der Waals surface area contributed by atoms with E-state index in [1.165, 1.54) is 10.6 Å². The smallest absolute Gasteiger partial charge is 0.336 e. The van der Waals surface area contributed by atoms with Crippen molar-refractivity contribution in [1.29, 1.82) is 0 Å². The second-order valence-corrected chi connectivity index (χ2v) is 5.74. The molecule has 0 unspecified atom stereocenters. The van der Waals surface area contributed by atoms with Crippen molar-refractivity contribution >= 4 is 16.7 Å². The van der Waals surface area contributed by atoms with Crippen LogP contribution in [0.1, 0.15) is 36.7 Å². The van der Waals surface area contributed by atoms with E-state index in [1.54, 1.807) is 19.3 Å². The molecule has 19 heavy (non-hydrogen) atoms. The summed E-state index contributed by atoms with van der Waals surface area (Å²) in [6.07, 6.45) is 1.79. The molecule has 0 aliphatic heterocycles. The van der Waals surface area contributed by atoms with Crippen molar-refractivity contribution in [3.8, 4) is 0 Å². The highest BCUT2D eigenvalue weighted by atomic mass is 16.4. The largest absolute Gasteiger partial charge is 0.478 e. The number of hydrogen-bond donors (Lipinski definition) is 1. The van der Waals surface area contributed by atoms with Crippen LogP contribution in [-0.4, -0.2) is 15.6 Å². The van der Waals surface area contributed by atoms with Gasteiger partial charge in [0.25, 0.3) is 5.56 Å². The average molecular weight is 259 g/mol. The summed E-state index contributed by atoms with van der Waals surface area (Å²) in [5, 5.41) is 10.2. The third-order valence-electron chi connectivity index (χ3n) is 3.25. The van der Waals surface area contributed by atoms with E-state index in [4.69, 9.17) is 0 Å². The summed E-state index contributed by atoms with van der Waals surface area (Å²) in [6.45, 7) is 6.12. The lowest BCUT2D eigenvalue weighted by molar-refractivity contribution is 0.0699. The molecule has 2 aromatic rings. The number of nitrogens with zero attached hydrogens (tertiary/aromatic N) is 1. The Bertz CT molecular complexity index is 720. The first-order chi connectivity index (χ1) is 8.73. The minimum Gasteiger partial charge on any atom is -0.478 e. The summed E-state index contributed by atoms with van der Waals surface area (Å²) in [6, 6.07) is 4.96. The number of rotatable bonds is 1. The topological polar surface area (TPSA) is 59.3 Å². The second kappa shape index (κ2) is 4.23. The molecule has 0 aliphatic rings. The highest BCUT2D eigenvalue weighted by molar-refractivity contribution is 6.04. The van der Waals surface area contributed by atoms with Gasteiger partial charge in [0.15, 0.2) is 0 Å². The van der Waals surface area contributed by atoms with Gasteiger partial charge < -0.3 is 9.67 Å². The predicted molar refractivity (Wildman–Crippen MR) is 74.8 cm³/mol. The molecule has 1 heterocycles. The fraction of sp³-hybridized carbons (Fsp3) is 0.333. The van der Waals surface area contributed by atoms with E-state index in [0.717, 1.165) is 10.9 Å². The average Bonchev–Trinajstić information content (AvgIpc) is 2.31. The number of fused-ring (bicyclic) bond motifs is 1. The van der Waals surface area contributed by atoms with E-state index in [1.807, 2.05) is 26.8 Å². The summed E-state index contributed by atoms with van der Waals surface area (Å²) in [7, 11) is 1.65. The van der Waals surface area contributed by atoms with Gasteiger partial charge in [0.2, 0.25) is 0 Å². The van der Waals surface area contributed by atoms with Gasteiger partial charge in [-0.25, -0.2) is 4.79 Å². The van der Waals surface area contributed by atoms with Crippen molar-refractivity contribution in [3.05, 3.63) is 45.9 Å². The van der Waals surface area contributed by atoms with Crippen LogP contribution in [-0.2, 0) is 12.5 Å². The number of aryl methyl sites for hydroxylation is 1. The zero-order valence-corrected chi connectivity index (χ0v) is 11.5. The summed E-state index contributed by atoms with van der Waals surface area (Å²) in [5.41, 5.74) is 0.582. The molecule has 1 N–H and O–H groups in total. The van der Waals surface area contributed by atoms with E-state index in [-0.39, 0.29) is 21.9 Å². The van der Waals surface area contributed by atoms with Crippen molar-refractivity contribution in [3.63, 3.8) is 0 Å². The minimum atomic E-state index is -1.08. The maximum atomic E-state index is 12.2. The Morgan fingerprint density at radius 2 is 1.89 bits per heavy atom. The van der Waals surface area contributed by atoms with Crippen molar-refractivity contribution < 1.29 is 9.90 Å². The number of aromatic carboxylic acids is 1. The quantitative estimate of drug-likeness (QED) is 0.856. The van der Waals surface area contributed by atoms with E-state index >= 15 is 0 Å². The monoisotopic (exact) mass is 259 g/mol. The van der Waals surface area contributed by atoms with Gasteiger partial charge in [-0.05, 0) is 22.4 Å². The molecule has 2 rings (SSSR count). The second-order valence-electron chi connectivity index (χ2n) is 5.74. The Morgan fingerprint density at radius 1 is 1.26 bits per heavy atom. The molecule has 4 heteroatoms. The van der Waals surface area contributed by atoms with Crippen molar-refractivity contribution in [1.82, 2.24) is 4.57 Å². The molecule has 1 aromatic carbocycles. The zero-order chi connectivity index (χ0) is 14.4. The first-order valence-electron chi connectivity index (χ1n) is 6.09. The molecule has 0 amide bonds. The highest BCUT2D eigenvalue weighted by Gasteiger charge is 2.21. The molecule has 4 nitrogen and oxygen atoms in total. The summed E-state index contributed by atoms with van der Waals surface area (Å²) in [5.74, 6) is -1.08. The minimum absolute atomic E-state index is 0.0594. The van der Waals surface area contributed by atoms with Gasteiger partial charge in [0.1, 0.15) is 0 Å². The number of aromatic nitrogens is 1. The summed E-state index contributed by atoms with van der Waals surface area (Å²) in [4.78, 5) is 23.5. The van der Waals surface area contributed by atoms with Gasteiger partial charge in [-0.15, -0.1) is 0 Å². The molecule has 100 valence electrons. The molecule has 0 aliphatic carbocycles. The molecular weight excluding hydrogens is 242 g/mol. The standard InChI is InChI=1S/C15H17NO3/c1-15(2,3)11-8-16(4)13(17)12-9(11)6-5-7-10(12)14(18)19/h5-8H,1-4H3,(H,18,19). The summed E-state index contributed by atoms with van der Waals surface area (Å²) >= 11 is 0. The Morgan fingerprint density at radius 3 is 2.42 bits per heavy atom. The Balaban J connectivity index is 3.06. The Kier molecular flexibility index (Phi) is 2.97. The predicted octanol–water partition coefficient (Wildman–Crippen LogP) is 2.53. The fourth-order valence-electron chi connectivity index (χ4n) is 2.28. The van der Waals surface area contributed by atoms with Crippen LogP contribution in [0.2, 0.25) is 0 Å². The van der Waals surface area contributed by atoms with Crippen LogP contribution in [0.5, 0.6) is 0 Å². The zero-order valence-electron chi connectivity index (χ0n) is 11.5. The third kappa shape index (κ3) is 2.14. The molecule has 0 fully saturated rings. The van der Waals surface area contributed by atoms with Crippen LogP contribution in [0.4, 0.5) is 0 Å². The molecule has 1 aromatic heterocycles. The lowest BCUT2D eigenvalue weighted by Crippen LogP contribution is -2.23. The highest BCUT2D eigenvalue weighted by Crippen LogP contribution is 2.29. The van der Waals surface area contributed by atoms with Gasteiger partial charge in [0, 0.05) is 13.2 Å². The first kappa shape index (κ1) is 13.3. The van der Waals surface area contributed by atoms with Crippen LogP contribution in [0.15, 0.2) is 29.2 Å². The number of carboxylic acids is 1. The maximum Gasteiger partial charge on any atom is 0.336 e. The number of pyridine rings is 1. The Hall–Kier alpha value is -2.10. The Labute approximate surface area is 111 Å². The van der Waals surface area contributed by atoms with E-state index in [9.17, 15) is 14.7 Å². The van der Waals surface area contributed by atoms with Gasteiger partial charge in [-0.1, -0.05) is 32.9 Å². The fourth-order valence-corrected chi connectivity index (χ4v) is 2.28. The van der Waals surface area contributed by atoms with Crippen LogP contribution >= 0.6 is 0 Å². The van der Waals surface area contributed by atoms with E-state index in [2.05, 4.69) is 0 Å². The number of carbonyl (C=O) groups is 1. The van der Waals surface area contributed by atoms with Gasteiger partial charge in [-0.3, -0.25) is 4.79 Å². The van der Waals surface area contributed by atoms with Crippen molar-refractivity contribution in [2.45, 2.75) is 26.2 Å². The van der Waals surface area contributed by atoms with Gasteiger partial charge >= 0.3 is 5.97 Å². The number of benzene rings is 1. The van der Waals surface area contributed by atoms with E-state index in [0.29, 0.717) is 0 Å². The molecule has 0 saturated carbocycles. The molecule has 0 bridgehead atoms. The molecular formula is C15H17NO3. The van der Waals surface area contributed by atoms with Crippen LogP contribution in [0, 0.1) is 0 Å². The maximum absolute atomic E-state index is 12.2. The van der Waals surface area contributed by atoms with Crippen LogP contribution < -0.4 is 5.56 Å². The lowest BCUT2D eigenvalue weighted by atomic mass is 9.84.